The Morgan fingerprint density at radius 2 is 1.87 bits per heavy atom. The van der Waals surface area contributed by atoms with E-state index in [2.05, 4.69) is 10.2 Å². The van der Waals surface area contributed by atoms with Gasteiger partial charge >= 0.3 is 5.97 Å². The molecule has 1 aliphatic heterocycles. The standard InChI is InChI=1S/C22H23N3O5/c1-14-5-7-16(8-6-14)20-24-23-19(30-20)15(2)29-22(27)17-9-11-25(12-10-17)21(26)18-4-3-13-28-18/h3-8,13,15,17H,9-12H2,1-2H3. The molecule has 8 nitrogen and oxygen atoms in total. The van der Waals surface area contributed by atoms with Crippen molar-refractivity contribution in [3.8, 4) is 11.5 Å². The number of ether oxygens (including phenoxy) is 1. The monoisotopic (exact) mass is 409 g/mol. The van der Waals surface area contributed by atoms with Crippen molar-refractivity contribution < 1.29 is 23.2 Å². The van der Waals surface area contributed by atoms with Crippen molar-refractivity contribution in [2.24, 2.45) is 5.92 Å². The number of aromatic nitrogens is 2. The van der Waals surface area contributed by atoms with Gasteiger partial charge in [0.2, 0.25) is 5.89 Å². The number of aryl methyl sites for hydroxylation is 1. The lowest BCUT2D eigenvalue weighted by Gasteiger charge is -2.30. The van der Waals surface area contributed by atoms with Gasteiger partial charge in [0.15, 0.2) is 11.9 Å². The number of nitrogens with zero attached hydrogens (tertiary/aromatic N) is 3. The normalized spacial score (nSPS) is 15.7. The SMILES string of the molecule is Cc1ccc(-c2nnc(C(C)OC(=O)C3CCN(C(=O)c4ccco4)CC3)o2)cc1. The maximum atomic E-state index is 12.6. The Morgan fingerprint density at radius 3 is 2.53 bits per heavy atom. The maximum absolute atomic E-state index is 12.6. The largest absolute Gasteiger partial charge is 0.459 e. The summed E-state index contributed by atoms with van der Waals surface area (Å²) in [4.78, 5) is 26.6. The van der Waals surface area contributed by atoms with Crippen LogP contribution in [0.15, 0.2) is 51.5 Å². The number of rotatable bonds is 5. The van der Waals surface area contributed by atoms with Gasteiger partial charge in [0.1, 0.15) is 0 Å². The van der Waals surface area contributed by atoms with Gasteiger partial charge in [-0.2, -0.15) is 0 Å². The van der Waals surface area contributed by atoms with E-state index in [9.17, 15) is 9.59 Å². The minimum Gasteiger partial charge on any atom is -0.459 e. The molecule has 8 heteroatoms. The molecule has 2 aromatic heterocycles. The minimum atomic E-state index is -0.646. The number of carbonyl (C=O) groups is 2. The molecule has 0 spiro atoms. The number of hydrogen-bond acceptors (Lipinski definition) is 7. The van der Waals surface area contributed by atoms with Gasteiger partial charge in [0.05, 0.1) is 12.2 Å². The topological polar surface area (TPSA) is 98.7 Å². The first-order valence-corrected chi connectivity index (χ1v) is 9.95. The molecule has 1 saturated heterocycles. The van der Waals surface area contributed by atoms with E-state index in [0.29, 0.717) is 37.6 Å². The summed E-state index contributed by atoms with van der Waals surface area (Å²) < 4.78 is 16.4. The zero-order chi connectivity index (χ0) is 21.1. The highest BCUT2D eigenvalue weighted by Gasteiger charge is 2.31. The second-order valence-corrected chi connectivity index (χ2v) is 7.43. The van der Waals surface area contributed by atoms with E-state index in [1.54, 1.807) is 24.0 Å². The first-order valence-electron chi connectivity index (χ1n) is 9.95. The molecule has 1 fully saturated rings. The molecule has 0 N–H and O–H groups in total. The Morgan fingerprint density at radius 1 is 1.13 bits per heavy atom. The summed E-state index contributed by atoms with van der Waals surface area (Å²) in [6.07, 6.45) is 1.90. The molecule has 0 radical (unpaired) electrons. The lowest BCUT2D eigenvalue weighted by Crippen LogP contribution is -2.40. The Kier molecular flexibility index (Phi) is 5.65. The Labute approximate surface area is 173 Å². The van der Waals surface area contributed by atoms with Crippen molar-refractivity contribution >= 4 is 11.9 Å². The summed E-state index contributed by atoms with van der Waals surface area (Å²) in [5, 5.41) is 8.07. The number of amides is 1. The summed E-state index contributed by atoms with van der Waals surface area (Å²) in [5.41, 5.74) is 1.95. The highest BCUT2D eigenvalue weighted by atomic mass is 16.6. The van der Waals surface area contributed by atoms with Crippen LogP contribution in [0.4, 0.5) is 0 Å². The van der Waals surface area contributed by atoms with E-state index in [4.69, 9.17) is 13.6 Å². The first-order chi connectivity index (χ1) is 14.5. The highest BCUT2D eigenvalue weighted by molar-refractivity contribution is 5.91. The molecule has 1 aromatic carbocycles. The highest BCUT2D eigenvalue weighted by Crippen LogP contribution is 2.26. The van der Waals surface area contributed by atoms with Crippen LogP contribution in [0.5, 0.6) is 0 Å². The summed E-state index contributed by atoms with van der Waals surface area (Å²) >= 11 is 0. The minimum absolute atomic E-state index is 0.158. The molecule has 1 amide bonds. The molecule has 4 rings (SSSR count). The summed E-state index contributed by atoms with van der Waals surface area (Å²) in [5.74, 6) is 0.206. The molecule has 30 heavy (non-hydrogen) atoms. The van der Waals surface area contributed by atoms with Gasteiger partial charge in [-0.25, -0.2) is 0 Å². The summed E-state index contributed by atoms with van der Waals surface area (Å²) in [6, 6.07) is 11.1. The van der Waals surface area contributed by atoms with Crippen LogP contribution < -0.4 is 0 Å². The van der Waals surface area contributed by atoms with Crippen molar-refractivity contribution in [2.75, 3.05) is 13.1 Å². The Balaban J connectivity index is 1.31. The molecular weight excluding hydrogens is 386 g/mol. The lowest BCUT2D eigenvalue weighted by atomic mass is 9.97. The molecule has 1 unspecified atom stereocenters. The fraction of sp³-hybridized carbons (Fsp3) is 0.364. The molecule has 3 aromatic rings. The molecule has 3 heterocycles. The average molecular weight is 409 g/mol. The van der Waals surface area contributed by atoms with Crippen LogP contribution in [-0.2, 0) is 9.53 Å². The van der Waals surface area contributed by atoms with Crippen molar-refractivity contribution in [2.45, 2.75) is 32.8 Å². The average Bonchev–Trinajstić information content (AvgIpc) is 3.46. The predicted octanol–water partition coefficient (Wildman–Crippen LogP) is 3.79. The molecule has 1 atom stereocenters. The second kappa shape index (κ2) is 8.52. The van der Waals surface area contributed by atoms with Gasteiger partial charge in [-0.05, 0) is 51.0 Å². The predicted molar refractivity (Wildman–Crippen MR) is 106 cm³/mol. The molecular formula is C22H23N3O5. The third kappa shape index (κ3) is 4.27. The lowest BCUT2D eigenvalue weighted by molar-refractivity contribution is -0.156. The smallest absolute Gasteiger partial charge is 0.309 e. The number of esters is 1. The molecule has 0 bridgehead atoms. The zero-order valence-corrected chi connectivity index (χ0v) is 16.9. The van der Waals surface area contributed by atoms with Gasteiger partial charge < -0.3 is 18.5 Å². The van der Waals surface area contributed by atoms with Gasteiger partial charge in [0, 0.05) is 18.7 Å². The maximum Gasteiger partial charge on any atom is 0.309 e. The second-order valence-electron chi connectivity index (χ2n) is 7.43. The van der Waals surface area contributed by atoms with Crippen LogP contribution >= 0.6 is 0 Å². The fourth-order valence-corrected chi connectivity index (χ4v) is 3.41. The zero-order valence-electron chi connectivity index (χ0n) is 16.9. The fourth-order valence-electron chi connectivity index (χ4n) is 3.41. The van der Waals surface area contributed by atoms with Crippen molar-refractivity contribution in [3.05, 3.63) is 59.9 Å². The quantitative estimate of drug-likeness (QED) is 0.591. The van der Waals surface area contributed by atoms with Crippen LogP contribution in [0.2, 0.25) is 0 Å². The summed E-state index contributed by atoms with van der Waals surface area (Å²) in [7, 11) is 0. The molecule has 156 valence electrons. The number of likely N-dealkylation sites (tertiary alicyclic amines) is 1. The van der Waals surface area contributed by atoms with E-state index in [1.807, 2.05) is 31.2 Å². The van der Waals surface area contributed by atoms with Crippen molar-refractivity contribution in [3.63, 3.8) is 0 Å². The van der Waals surface area contributed by atoms with E-state index in [0.717, 1.165) is 11.1 Å². The number of benzene rings is 1. The van der Waals surface area contributed by atoms with Crippen LogP contribution in [0.3, 0.4) is 0 Å². The van der Waals surface area contributed by atoms with Crippen molar-refractivity contribution in [1.82, 2.24) is 15.1 Å². The van der Waals surface area contributed by atoms with Gasteiger partial charge in [-0.3, -0.25) is 9.59 Å². The Bertz CT molecular complexity index is 1000. The van der Waals surface area contributed by atoms with Crippen LogP contribution in [0.1, 0.15) is 47.9 Å². The van der Waals surface area contributed by atoms with Crippen LogP contribution in [-0.4, -0.2) is 40.1 Å². The molecule has 0 aliphatic carbocycles. The van der Waals surface area contributed by atoms with Crippen molar-refractivity contribution in [1.29, 1.82) is 0 Å². The van der Waals surface area contributed by atoms with E-state index < -0.39 is 6.10 Å². The number of hydrogen-bond donors (Lipinski definition) is 0. The number of carbonyl (C=O) groups excluding carboxylic acids is 2. The van der Waals surface area contributed by atoms with E-state index in [-0.39, 0.29) is 23.7 Å². The summed E-state index contributed by atoms with van der Waals surface area (Å²) in [6.45, 7) is 4.67. The molecule has 0 saturated carbocycles. The van der Waals surface area contributed by atoms with Gasteiger partial charge in [-0.1, -0.05) is 17.7 Å². The van der Waals surface area contributed by atoms with Gasteiger partial charge in [-0.15, -0.1) is 10.2 Å². The Hall–Kier alpha value is -3.42. The van der Waals surface area contributed by atoms with Crippen LogP contribution in [0.25, 0.3) is 11.5 Å². The third-order valence-electron chi connectivity index (χ3n) is 5.23. The molecule has 1 aliphatic rings. The van der Waals surface area contributed by atoms with Crippen LogP contribution in [0, 0.1) is 12.8 Å². The third-order valence-corrected chi connectivity index (χ3v) is 5.23. The van der Waals surface area contributed by atoms with Gasteiger partial charge in [0.25, 0.3) is 11.8 Å². The van der Waals surface area contributed by atoms with E-state index in [1.165, 1.54) is 6.26 Å². The van der Waals surface area contributed by atoms with E-state index >= 15 is 0 Å². The first kappa shape index (κ1) is 19.9. The number of furan rings is 1. The number of piperidine rings is 1.